The summed E-state index contributed by atoms with van der Waals surface area (Å²) in [5.41, 5.74) is -0.504. The highest BCUT2D eigenvalue weighted by Gasteiger charge is 2.30. The van der Waals surface area contributed by atoms with Crippen molar-refractivity contribution in [3.63, 3.8) is 0 Å². The van der Waals surface area contributed by atoms with Gasteiger partial charge in [0, 0.05) is 11.1 Å². The van der Waals surface area contributed by atoms with E-state index in [4.69, 9.17) is 4.74 Å². The van der Waals surface area contributed by atoms with Gasteiger partial charge in [-0.15, -0.1) is 6.58 Å². The number of halogens is 5. The Morgan fingerprint density at radius 1 is 0.926 bits per heavy atom. The quantitative estimate of drug-likeness (QED) is 0.332. The molecule has 0 heterocycles. The van der Waals surface area contributed by atoms with Gasteiger partial charge in [-0.05, 0) is 61.3 Å². The summed E-state index contributed by atoms with van der Waals surface area (Å²) in [6, 6.07) is 2.79. The fourth-order valence-electron chi connectivity index (χ4n) is 3.79. The first-order valence-corrected chi connectivity index (χ1v) is 8.71. The molecule has 0 N–H and O–H groups in total. The summed E-state index contributed by atoms with van der Waals surface area (Å²) in [6.07, 6.45) is 4.66. The maximum absolute atomic E-state index is 15.0. The molecule has 1 fully saturated rings. The van der Waals surface area contributed by atoms with E-state index in [1.807, 2.05) is 6.08 Å². The number of benzene rings is 2. The van der Waals surface area contributed by atoms with E-state index < -0.39 is 40.4 Å². The fourth-order valence-corrected chi connectivity index (χ4v) is 3.79. The Labute approximate surface area is 154 Å². The average molecular weight is 382 g/mol. The van der Waals surface area contributed by atoms with Crippen molar-refractivity contribution in [1.29, 1.82) is 0 Å². The van der Waals surface area contributed by atoms with Crippen molar-refractivity contribution in [2.75, 3.05) is 7.11 Å². The van der Waals surface area contributed by atoms with Crippen molar-refractivity contribution in [3.05, 3.63) is 65.5 Å². The number of allylic oxidation sites excluding steroid dienone is 1. The van der Waals surface area contributed by atoms with Gasteiger partial charge in [0.2, 0.25) is 0 Å². The summed E-state index contributed by atoms with van der Waals surface area (Å²) >= 11 is 0. The van der Waals surface area contributed by atoms with Crippen LogP contribution in [0.25, 0.3) is 11.1 Å². The minimum absolute atomic E-state index is 0.234. The Balaban J connectivity index is 2.20. The third kappa shape index (κ3) is 3.45. The van der Waals surface area contributed by atoms with Crippen LogP contribution in [0.5, 0.6) is 5.75 Å². The molecule has 27 heavy (non-hydrogen) atoms. The van der Waals surface area contributed by atoms with Crippen LogP contribution in [0.2, 0.25) is 0 Å². The molecule has 1 saturated carbocycles. The van der Waals surface area contributed by atoms with E-state index in [-0.39, 0.29) is 17.0 Å². The third-order valence-electron chi connectivity index (χ3n) is 5.26. The second-order valence-electron chi connectivity index (χ2n) is 6.74. The van der Waals surface area contributed by atoms with Crippen molar-refractivity contribution in [1.82, 2.24) is 0 Å². The molecule has 1 aliphatic rings. The standard InChI is InChI=1S/C21H19F5O/c1-3-11-4-6-12(7-5-11)14-10-16(23)21(27-2)20(26)17(14)13-8-9-15(22)19(25)18(13)24/h3,8-12H,1,4-7H2,2H3. The van der Waals surface area contributed by atoms with Crippen LogP contribution in [0.1, 0.15) is 37.2 Å². The van der Waals surface area contributed by atoms with Crippen molar-refractivity contribution in [2.45, 2.75) is 31.6 Å². The molecular formula is C21H19F5O. The van der Waals surface area contributed by atoms with E-state index in [0.29, 0.717) is 18.8 Å². The van der Waals surface area contributed by atoms with Gasteiger partial charge in [-0.3, -0.25) is 0 Å². The molecule has 0 unspecified atom stereocenters. The van der Waals surface area contributed by atoms with E-state index in [9.17, 15) is 17.6 Å². The highest BCUT2D eigenvalue weighted by molar-refractivity contribution is 5.72. The minimum atomic E-state index is -1.70. The van der Waals surface area contributed by atoms with Gasteiger partial charge in [-0.1, -0.05) is 6.08 Å². The normalized spacial score (nSPS) is 19.8. The molecule has 144 valence electrons. The SMILES string of the molecule is C=CC1CCC(c2cc(F)c(OC)c(F)c2-c2ccc(F)c(F)c2F)CC1. The van der Waals surface area contributed by atoms with Gasteiger partial charge in [-0.25, -0.2) is 22.0 Å². The summed E-state index contributed by atoms with van der Waals surface area (Å²) in [5.74, 6) is -7.22. The fraction of sp³-hybridized carbons (Fsp3) is 0.333. The molecule has 6 heteroatoms. The Bertz CT molecular complexity index is 870. The van der Waals surface area contributed by atoms with Crippen molar-refractivity contribution < 1.29 is 26.7 Å². The predicted molar refractivity (Wildman–Crippen MR) is 93.1 cm³/mol. The zero-order valence-electron chi connectivity index (χ0n) is 14.8. The summed E-state index contributed by atoms with van der Waals surface area (Å²) in [5, 5.41) is 0. The maximum atomic E-state index is 15.0. The van der Waals surface area contributed by atoms with Gasteiger partial charge < -0.3 is 4.74 Å². The van der Waals surface area contributed by atoms with Crippen LogP contribution >= 0.6 is 0 Å². The van der Waals surface area contributed by atoms with Crippen molar-refractivity contribution in [2.24, 2.45) is 5.92 Å². The van der Waals surface area contributed by atoms with Crippen LogP contribution in [0.15, 0.2) is 30.9 Å². The molecule has 0 saturated heterocycles. The first-order valence-electron chi connectivity index (χ1n) is 8.71. The lowest BCUT2D eigenvalue weighted by molar-refractivity contribution is 0.353. The van der Waals surface area contributed by atoms with Gasteiger partial charge in [0.05, 0.1) is 7.11 Å². The van der Waals surface area contributed by atoms with E-state index >= 15 is 4.39 Å². The molecular weight excluding hydrogens is 363 g/mol. The number of rotatable bonds is 4. The zero-order valence-corrected chi connectivity index (χ0v) is 14.8. The maximum Gasteiger partial charge on any atom is 0.195 e. The summed E-state index contributed by atoms with van der Waals surface area (Å²) in [7, 11) is 1.09. The molecule has 1 aliphatic carbocycles. The molecule has 0 aromatic heterocycles. The first-order chi connectivity index (χ1) is 12.9. The molecule has 0 amide bonds. The van der Waals surface area contributed by atoms with E-state index in [1.54, 1.807) is 0 Å². The monoisotopic (exact) mass is 382 g/mol. The Morgan fingerprint density at radius 3 is 2.19 bits per heavy atom. The van der Waals surface area contributed by atoms with Crippen LogP contribution in [0.4, 0.5) is 22.0 Å². The summed E-state index contributed by atoms with van der Waals surface area (Å²) < 4.78 is 75.6. The van der Waals surface area contributed by atoms with Crippen LogP contribution in [0.3, 0.4) is 0 Å². The van der Waals surface area contributed by atoms with Gasteiger partial charge in [-0.2, -0.15) is 0 Å². The van der Waals surface area contributed by atoms with E-state index in [0.717, 1.165) is 38.2 Å². The predicted octanol–water partition coefficient (Wildman–Crippen LogP) is 6.52. The Kier molecular flexibility index (Phi) is 5.53. The average Bonchev–Trinajstić information content (AvgIpc) is 2.67. The molecule has 2 aromatic rings. The molecule has 3 rings (SSSR count). The van der Waals surface area contributed by atoms with Crippen LogP contribution in [-0.2, 0) is 0 Å². The van der Waals surface area contributed by atoms with Crippen LogP contribution in [0, 0.1) is 35.0 Å². The number of hydrogen-bond donors (Lipinski definition) is 0. The smallest absolute Gasteiger partial charge is 0.195 e. The van der Waals surface area contributed by atoms with Gasteiger partial charge in [0.1, 0.15) is 0 Å². The largest absolute Gasteiger partial charge is 0.491 e. The second-order valence-corrected chi connectivity index (χ2v) is 6.74. The highest BCUT2D eigenvalue weighted by atomic mass is 19.2. The molecule has 0 spiro atoms. The minimum Gasteiger partial charge on any atom is -0.491 e. The van der Waals surface area contributed by atoms with Crippen molar-refractivity contribution in [3.8, 4) is 16.9 Å². The Hall–Kier alpha value is -2.37. The van der Waals surface area contributed by atoms with Crippen LogP contribution in [-0.4, -0.2) is 7.11 Å². The summed E-state index contributed by atoms with van der Waals surface area (Å²) in [6.45, 7) is 3.76. The number of ether oxygens (including phenoxy) is 1. The van der Waals surface area contributed by atoms with Gasteiger partial charge >= 0.3 is 0 Å². The molecule has 0 aliphatic heterocycles. The van der Waals surface area contributed by atoms with E-state index in [1.165, 1.54) is 0 Å². The van der Waals surface area contributed by atoms with Gasteiger partial charge in [0.15, 0.2) is 34.8 Å². The lowest BCUT2D eigenvalue weighted by atomic mass is 9.76. The zero-order chi connectivity index (χ0) is 19.7. The second kappa shape index (κ2) is 7.71. The van der Waals surface area contributed by atoms with Crippen LogP contribution < -0.4 is 4.74 Å². The first kappa shape index (κ1) is 19.4. The lowest BCUT2D eigenvalue weighted by Crippen LogP contribution is -2.14. The topological polar surface area (TPSA) is 9.23 Å². The van der Waals surface area contributed by atoms with Gasteiger partial charge in [0.25, 0.3) is 0 Å². The third-order valence-corrected chi connectivity index (χ3v) is 5.26. The van der Waals surface area contributed by atoms with Crippen molar-refractivity contribution >= 4 is 0 Å². The lowest BCUT2D eigenvalue weighted by Gasteiger charge is -2.29. The molecule has 0 radical (unpaired) electrons. The molecule has 0 bridgehead atoms. The van der Waals surface area contributed by atoms with E-state index in [2.05, 4.69) is 6.58 Å². The number of methoxy groups -OCH3 is 1. The molecule has 2 aromatic carbocycles. The Morgan fingerprint density at radius 2 is 1.59 bits per heavy atom. The highest BCUT2D eigenvalue weighted by Crippen LogP contribution is 2.45. The molecule has 0 atom stereocenters. The number of hydrogen-bond acceptors (Lipinski definition) is 1. The summed E-state index contributed by atoms with van der Waals surface area (Å²) in [4.78, 5) is 0. The molecule has 1 nitrogen and oxygen atoms in total.